The molecule has 4 heteroatoms. The lowest BCUT2D eigenvalue weighted by Crippen LogP contribution is -2.38. The number of hydrogen-bond acceptors (Lipinski definition) is 3. The van der Waals surface area contributed by atoms with E-state index < -0.39 is 0 Å². The SMILES string of the molecule is Cn1nccc1CCC1=CC(N)CNC1. The number of rotatable bonds is 3. The van der Waals surface area contributed by atoms with Crippen molar-refractivity contribution in [3.8, 4) is 0 Å². The molecule has 0 spiro atoms. The highest BCUT2D eigenvalue weighted by molar-refractivity contribution is 5.14. The summed E-state index contributed by atoms with van der Waals surface area (Å²) in [5.74, 6) is 0. The molecule has 1 unspecified atom stereocenters. The molecule has 3 N–H and O–H groups in total. The summed E-state index contributed by atoms with van der Waals surface area (Å²) in [4.78, 5) is 0. The van der Waals surface area contributed by atoms with Gasteiger partial charge >= 0.3 is 0 Å². The van der Waals surface area contributed by atoms with E-state index in [1.165, 1.54) is 11.3 Å². The minimum absolute atomic E-state index is 0.181. The number of nitrogens with one attached hydrogen (secondary N) is 1. The molecule has 1 aliphatic rings. The van der Waals surface area contributed by atoms with E-state index in [4.69, 9.17) is 5.73 Å². The van der Waals surface area contributed by atoms with Crippen LogP contribution < -0.4 is 11.1 Å². The van der Waals surface area contributed by atoms with Crippen LogP contribution >= 0.6 is 0 Å². The highest BCUT2D eigenvalue weighted by Crippen LogP contribution is 2.10. The summed E-state index contributed by atoms with van der Waals surface area (Å²) in [7, 11) is 1.98. The van der Waals surface area contributed by atoms with Gasteiger partial charge in [-0.05, 0) is 18.9 Å². The summed E-state index contributed by atoms with van der Waals surface area (Å²) in [6, 6.07) is 2.25. The summed E-state index contributed by atoms with van der Waals surface area (Å²) < 4.78 is 1.93. The average molecular weight is 206 g/mol. The van der Waals surface area contributed by atoms with Gasteiger partial charge in [-0.3, -0.25) is 4.68 Å². The smallest absolute Gasteiger partial charge is 0.0492 e. The van der Waals surface area contributed by atoms with Crippen LogP contribution in [0.4, 0.5) is 0 Å². The van der Waals surface area contributed by atoms with Gasteiger partial charge in [0.2, 0.25) is 0 Å². The predicted octanol–water partition coefficient (Wildman–Crippen LogP) is 0.210. The molecule has 0 saturated carbocycles. The molecule has 0 radical (unpaired) electrons. The minimum Gasteiger partial charge on any atom is -0.323 e. The number of aromatic nitrogens is 2. The van der Waals surface area contributed by atoms with Gasteiger partial charge in [-0.1, -0.05) is 11.6 Å². The number of aryl methyl sites for hydroxylation is 2. The fourth-order valence-electron chi connectivity index (χ4n) is 1.93. The molecule has 4 nitrogen and oxygen atoms in total. The zero-order chi connectivity index (χ0) is 10.7. The summed E-state index contributed by atoms with van der Waals surface area (Å²) in [5.41, 5.74) is 8.53. The third-order valence-electron chi connectivity index (χ3n) is 2.81. The van der Waals surface area contributed by atoms with Crippen molar-refractivity contribution in [1.29, 1.82) is 0 Å². The topological polar surface area (TPSA) is 55.9 Å². The summed E-state index contributed by atoms with van der Waals surface area (Å²) in [6.45, 7) is 1.88. The minimum atomic E-state index is 0.181. The lowest BCUT2D eigenvalue weighted by atomic mass is 10.0. The van der Waals surface area contributed by atoms with Crippen molar-refractivity contribution in [2.45, 2.75) is 18.9 Å². The fraction of sp³-hybridized carbons (Fsp3) is 0.545. The van der Waals surface area contributed by atoms with Gasteiger partial charge in [0.1, 0.15) is 0 Å². The first-order valence-corrected chi connectivity index (χ1v) is 5.38. The highest BCUT2D eigenvalue weighted by atomic mass is 15.2. The van der Waals surface area contributed by atoms with Gasteiger partial charge in [-0.2, -0.15) is 5.10 Å². The van der Waals surface area contributed by atoms with Crippen LogP contribution in [0.15, 0.2) is 23.9 Å². The Hall–Kier alpha value is -1.13. The Morgan fingerprint density at radius 3 is 3.13 bits per heavy atom. The summed E-state index contributed by atoms with van der Waals surface area (Å²) in [6.07, 6.45) is 6.14. The molecule has 1 atom stereocenters. The molecule has 1 aliphatic heterocycles. The standard InChI is InChI=1S/C11H18N4/c1-15-11(4-5-14-15)3-2-9-6-10(12)8-13-7-9/h4-6,10,13H,2-3,7-8,12H2,1H3. The maximum absolute atomic E-state index is 5.85. The molecule has 0 fully saturated rings. The van der Waals surface area contributed by atoms with Crippen LogP contribution in [-0.2, 0) is 13.5 Å². The summed E-state index contributed by atoms with van der Waals surface area (Å²) >= 11 is 0. The van der Waals surface area contributed by atoms with Gasteiger partial charge < -0.3 is 11.1 Å². The predicted molar refractivity (Wildman–Crippen MR) is 60.5 cm³/mol. The van der Waals surface area contributed by atoms with Gasteiger partial charge in [0, 0.05) is 38.1 Å². The van der Waals surface area contributed by atoms with Gasteiger partial charge in [0.25, 0.3) is 0 Å². The van der Waals surface area contributed by atoms with E-state index in [1.54, 1.807) is 0 Å². The first-order chi connectivity index (χ1) is 7.25. The second kappa shape index (κ2) is 4.59. The Morgan fingerprint density at radius 1 is 1.60 bits per heavy atom. The van der Waals surface area contributed by atoms with Gasteiger partial charge in [0.15, 0.2) is 0 Å². The molecule has 15 heavy (non-hydrogen) atoms. The van der Waals surface area contributed by atoms with E-state index in [0.717, 1.165) is 25.9 Å². The van der Waals surface area contributed by atoms with Crippen LogP contribution in [0.5, 0.6) is 0 Å². The van der Waals surface area contributed by atoms with E-state index in [0.29, 0.717) is 0 Å². The molecule has 0 saturated heterocycles. The Morgan fingerprint density at radius 2 is 2.47 bits per heavy atom. The van der Waals surface area contributed by atoms with Crippen LogP contribution in [0.1, 0.15) is 12.1 Å². The van der Waals surface area contributed by atoms with Crippen molar-refractivity contribution in [2.24, 2.45) is 12.8 Å². The molecule has 0 aliphatic carbocycles. The Bertz CT molecular complexity index is 353. The largest absolute Gasteiger partial charge is 0.323 e. The second-order valence-electron chi connectivity index (χ2n) is 4.07. The Kier molecular flexibility index (Phi) is 3.18. The molecular formula is C11H18N4. The molecule has 82 valence electrons. The van der Waals surface area contributed by atoms with Crippen molar-refractivity contribution in [1.82, 2.24) is 15.1 Å². The van der Waals surface area contributed by atoms with Crippen molar-refractivity contribution >= 4 is 0 Å². The van der Waals surface area contributed by atoms with Gasteiger partial charge in [-0.15, -0.1) is 0 Å². The van der Waals surface area contributed by atoms with Crippen molar-refractivity contribution in [2.75, 3.05) is 13.1 Å². The van der Waals surface area contributed by atoms with Crippen LogP contribution in [-0.4, -0.2) is 28.9 Å². The van der Waals surface area contributed by atoms with Crippen molar-refractivity contribution in [3.63, 3.8) is 0 Å². The zero-order valence-electron chi connectivity index (χ0n) is 9.11. The first kappa shape index (κ1) is 10.4. The quantitative estimate of drug-likeness (QED) is 0.695. The second-order valence-corrected chi connectivity index (χ2v) is 4.07. The molecule has 0 aromatic carbocycles. The number of nitrogens with zero attached hydrogens (tertiary/aromatic N) is 2. The monoisotopic (exact) mass is 206 g/mol. The van der Waals surface area contributed by atoms with Crippen LogP contribution in [0.25, 0.3) is 0 Å². The van der Waals surface area contributed by atoms with Gasteiger partial charge in [0.05, 0.1) is 0 Å². The maximum Gasteiger partial charge on any atom is 0.0492 e. The maximum atomic E-state index is 5.85. The van der Waals surface area contributed by atoms with Crippen molar-refractivity contribution < 1.29 is 0 Å². The summed E-state index contributed by atoms with van der Waals surface area (Å²) in [5, 5.41) is 7.47. The van der Waals surface area contributed by atoms with E-state index in [1.807, 2.05) is 17.9 Å². The first-order valence-electron chi connectivity index (χ1n) is 5.38. The lowest BCUT2D eigenvalue weighted by Gasteiger charge is -2.19. The van der Waals surface area contributed by atoms with Crippen molar-refractivity contribution in [3.05, 3.63) is 29.6 Å². The average Bonchev–Trinajstić information content (AvgIpc) is 2.61. The fourth-order valence-corrected chi connectivity index (χ4v) is 1.93. The highest BCUT2D eigenvalue weighted by Gasteiger charge is 2.09. The molecule has 0 bridgehead atoms. The van der Waals surface area contributed by atoms with E-state index in [9.17, 15) is 0 Å². The third kappa shape index (κ3) is 2.67. The number of hydrogen-bond donors (Lipinski definition) is 2. The Labute approximate surface area is 90.2 Å². The molecule has 1 aromatic heterocycles. The molecule has 0 amide bonds. The van der Waals surface area contributed by atoms with Gasteiger partial charge in [-0.25, -0.2) is 0 Å². The Balaban J connectivity index is 1.91. The van der Waals surface area contributed by atoms with E-state index >= 15 is 0 Å². The lowest BCUT2D eigenvalue weighted by molar-refractivity contribution is 0.612. The molecule has 2 rings (SSSR count). The molecule has 1 aromatic rings. The van der Waals surface area contributed by atoms with Crippen LogP contribution in [0.3, 0.4) is 0 Å². The van der Waals surface area contributed by atoms with Crippen LogP contribution in [0, 0.1) is 0 Å². The van der Waals surface area contributed by atoms with E-state index in [-0.39, 0.29) is 6.04 Å². The molecular weight excluding hydrogens is 188 g/mol. The third-order valence-corrected chi connectivity index (χ3v) is 2.81. The zero-order valence-corrected chi connectivity index (χ0v) is 9.11. The molecule has 2 heterocycles. The normalized spacial score (nSPS) is 21.5. The van der Waals surface area contributed by atoms with Crippen LogP contribution in [0.2, 0.25) is 0 Å². The number of nitrogens with two attached hydrogens (primary N) is 1. The van der Waals surface area contributed by atoms with E-state index in [2.05, 4.69) is 22.6 Å².